The third-order valence-electron chi connectivity index (χ3n) is 4.73. The fraction of sp³-hybridized carbons (Fsp3) is 0.211. The fourth-order valence-electron chi connectivity index (χ4n) is 3.53. The highest BCUT2D eigenvalue weighted by molar-refractivity contribution is 6.06. The maximum atomic E-state index is 12.9. The van der Waals surface area contributed by atoms with Crippen LogP contribution in [0.15, 0.2) is 48.8 Å². The van der Waals surface area contributed by atoms with Crippen LogP contribution in [-0.2, 0) is 22.4 Å². The van der Waals surface area contributed by atoms with Crippen LogP contribution in [0.5, 0.6) is 0 Å². The van der Waals surface area contributed by atoms with Crippen LogP contribution in [0, 0.1) is 0 Å². The Hall–Kier alpha value is -3.15. The minimum Gasteiger partial charge on any atom is -0.467 e. The molecular formula is C19H17N3O3. The highest BCUT2D eigenvalue weighted by Gasteiger charge is 2.46. The minimum atomic E-state index is -1.09. The third kappa shape index (κ3) is 2.46. The highest BCUT2D eigenvalue weighted by atomic mass is 16.5. The molecule has 1 aliphatic carbocycles. The molecule has 0 bridgehead atoms. The summed E-state index contributed by atoms with van der Waals surface area (Å²) in [4.78, 5) is 32.6. The topological polar surface area (TPSA) is 84.1 Å². The zero-order valence-corrected chi connectivity index (χ0v) is 13.7. The zero-order chi connectivity index (χ0) is 17.4. The summed E-state index contributed by atoms with van der Waals surface area (Å²) in [6.07, 6.45) is 2.37. The summed E-state index contributed by atoms with van der Waals surface area (Å²) in [5, 5.41) is 2.92. The van der Waals surface area contributed by atoms with Crippen molar-refractivity contribution in [2.75, 3.05) is 7.11 Å². The summed E-state index contributed by atoms with van der Waals surface area (Å²) in [5.74, 6) is -0.776. The van der Waals surface area contributed by atoms with Gasteiger partial charge in [-0.05, 0) is 23.3 Å². The first kappa shape index (κ1) is 15.4. The van der Waals surface area contributed by atoms with E-state index in [1.165, 1.54) is 7.11 Å². The van der Waals surface area contributed by atoms with Gasteiger partial charge in [-0.3, -0.25) is 4.79 Å². The second-order valence-corrected chi connectivity index (χ2v) is 6.25. The van der Waals surface area contributed by atoms with E-state index in [2.05, 4.69) is 15.3 Å². The van der Waals surface area contributed by atoms with Gasteiger partial charge in [0.2, 0.25) is 0 Å². The average Bonchev–Trinajstić information content (AvgIpc) is 3.24. The van der Waals surface area contributed by atoms with Gasteiger partial charge < -0.3 is 15.0 Å². The van der Waals surface area contributed by atoms with Gasteiger partial charge in [0.05, 0.1) is 24.5 Å². The molecule has 0 saturated carbocycles. The van der Waals surface area contributed by atoms with Gasteiger partial charge in [-0.15, -0.1) is 0 Å². The Kier molecular flexibility index (Phi) is 3.53. The molecule has 1 aromatic heterocycles. The number of para-hydroxylation sites is 1. The number of aromatic amines is 1. The van der Waals surface area contributed by atoms with Crippen LogP contribution < -0.4 is 5.32 Å². The molecule has 1 aliphatic rings. The van der Waals surface area contributed by atoms with Crippen LogP contribution in [0.25, 0.3) is 11.0 Å². The van der Waals surface area contributed by atoms with Gasteiger partial charge in [-0.25, -0.2) is 9.78 Å². The van der Waals surface area contributed by atoms with Crippen molar-refractivity contribution in [2.24, 2.45) is 0 Å². The van der Waals surface area contributed by atoms with Crippen LogP contribution >= 0.6 is 0 Å². The van der Waals surface area contributed by atoms with E-state index in [0.29, 0.717) is 23.9 Å². The third-order valence-corrected chi connectivity index (χ3v) is 4.73. The normalized spacial score (nSPS) is 14.9. The van der Waals surface area contributed by atoms with Gasteiger partial charge in [0.25, 0.3) is 5.91 Å². The van der Waals surface area contributed by atoms with E-state index in [4.69, 9.17) is 4.74 Å². The number of H-pyrrole nitrogens is 1. The predicted molar refractivity (Wildman–Crippen MR) is 92.2 cm³/mol. The Morgan fingerprint density at radius 1 is 1.12 bits per heavy atom. The van der Waals surface area contributed by atoms with Gasteiger partial charge in [0.15, 0.2) is 0 Å². The molecule has 3 aromatic rings. The molecule has 6 heteroatoms. The van der Waals surface area contributed by atoms with E-state index < -0.39 is 11.5 Å². The first-order valence-corrected chi connectivity index (χ1v) is 8.03. The molecule has 0 unspecified atom stereocenters. The minimum absolute atomic E-state index is 0.337. The number of fused-ring (bicyclic) bond motifs is 2. The van der Waals surface area contributed by atoms with Gasteiger partial charge in [-0.1, -0.05) is 30.3 Å². The number of nitrogens with zero attached hydrogens (tertiary/aromatic N) is 1. The molecule has 6 nitrogen and oxygen atoms in total. The number of benzene rings is 2. The lowest BCUT2D eigenvalue weighted by atomic mass is 9.95. The highest BCUT2D eigenvalue weighted by Crippen LogP contribution is 2.31. The van der Waals surface area contributed by atoms with E-state index in [0.717, 1.165) is 16.6 Å². The van der Waals surface area contributed by atoms with Crippen LogP contribution in [0.1, 0.15) is 21.5 Å². The van der Waals surface area contributed by atoms with Crippen molar-refractivity contribution in [1.82, 2.24) is 15.3 Å². The van der Waals surface area contributed by atoms with Crippen LogP contribution in [-0.4, -0.2) is 34.5 Å². The molecule has 4 rings (SSSR count). The summed E-state index contributed by atoms with van der Waals surface area (Å²) in [7, 11) is 1.34. The van der Waals surface area contributed by atoms with E-state index in [-0.39, 0.29) is 5.91 Å². The number of esters is 1. The number of ether oxygens (including phenoxy) is 1. The van der Waals surface area contributed by atoms with E-state index in [1.807, 2.05) is 30.3 Å². The molecule has 0 fully saturated rings. The quantitative estimate of drug-likeness (QED) is 0.717. The first-order chi connectivity index (χ1) is 12.1. The summed E-state index contributed by atoms with van der Waals surface area (Å²) < 4.78 is 5.00. The Labute approximate surface area is 144 Å². The number of amides is 1. The number of carbonyl (C=O) groups is 2. The molecule has 0 aliphatic heterocycles. The Morgan fingerprint density at radius 3 is 2.52 bits per heavy atom. The largest absolute Gasteiger partial charge is 0.467 e. The maximum Gasteiger partial charge on any atom is 0.332 e. The summed E-state index contributed by atoms with van der Waals surface area (Å²) in [5.41, 5.74) is 2.79. The predicted octanol–water partition coefficient (Wildman–Crippen LogP) is 2.00. The molecule has 1 amide bonds. The second kappa shape index (κ2) is 5.73. The number of aromatic nitrogens is 2. The molecule has 1 heterocycles. The lowest BCUT2D eigenvalue weighted by Crippen LogP contribution is -2.56. The number of carbonyl (C=O) groups excluding carboxylic acids is 2. The number of hydrogen-bond donors (Lipinski definition) is 2. The summed E-state index contributed by atoms with van der Waals surface area (Å²) in [6.45, 7) is 0. The molecule has 0 saturated heterocycles. The van der Waals surface area contributed by atoms with Gasteiger partial charge >= 0.3 is 5.97 Å². The van der Waals surface area contributed by atoms with E-state index >= 15 is 0 Å². The van der Waals surface area contributed by atoms with Crippen molar-refractivity contribution in [2.45, 2.75) is 18.4 Å². The van der Waals surface area contributed by atoms with E-state index in [9.17, 15) is 9.59 Å². The van der Waals surface area contributed by atoms with Crippen molar-refractivity contribution >= 4 is 22.9 Å². The first-order valence-electron chi connectivity index (χ1n) is 8.03. The molecule has 25 heavy (non-hydrogen) atoms. The van der Waals surface area contributed by atoms with Crippen molar-refractivity contribution in [1.29, 1.82) is 0 Å². The number of nitrogens with one attached hydrogen (secondary N) is 2. The van der Waals surface area contributed by atoms with Crippen LogP contribution in [0.3, 0.4) is 0 Å². The lowest BCUT2D eigenvalue weighted by Gasteiger charge is -2.27. The van der Waals surface area contributed by atoms with Crippen molar-refractivity contribution < 1.29 is 14.3 Å². The summed E-state index contributed by atoms with van der Waals surface area (Å²) >= 11 is 0. The van der Waals surface area contributed by atoms with Gasteiger partial charge in [-0.2, -0.15) is 0 Å². The molecule has 2 aromatic carbocycles. The second-order valence-electron chi connectivity index (χ2n) is 6.25. The van der Waals surface area contributed by atoms with Gasteiger partial charge in [0, 0.05) is 12.8 Å². The molecule has 126 valence electrons. The smallest absolute Gasteiger partial charge is 0.332 e. The maximum absolute atomic E-state index is 12.9. The standard InChI is InChI=1S/C19H17N3O3/c1-25-18(24)19(9-12-5-2-3-6-13(12)10-19)22-17(23)14-7-4-8-15-16(14)21-11-20-15/h2-8,11H,9-10H2,1H3,(H,20,21)(H,22,23). The van der Waals surface area contributed by atoms with Crippen LogP contribution in [0.2, 0.25) is 0 Å². The number of rotatable bonds is 3. The molecule has 0 spiro atoms. The Morgan fingerprint density at radius 2 is 1.84 bits per heavy atom. The lowest BCUT2D eigenvalue weighted by molar-refractivity contribution is -0.147. The van der Waals surface area contributed by atoms with Gasteiger partial charge in [0.1, 0.15) is 11.1 Å². The summed E-state index contributed by atoms with van der Waals surface area (Å²) in [6, 6.07) is 13.1. The van der Waals surface area contributed by atoms with Crippen molar-refractivity contribution in [3.05, 3.63) is 65.5 Å². The Bertz CT molecular complexity index is 952. The van der Waals surface area contributed by atoms with E-state index in [1.54, 1.807) is 18.5 Å². The monoisotopic (exact) mass is 335 g/mol. The van der Waals surface area contributed by atoms with Crippen molar-refractivity contribution in [3.63, 3.8) is 0 Å². The Balaban J connectivity index is 1.70. The number of methoxy groups -OCH3 is 1. The molecular weight excluding hydrogens is 318 g/mol. The molecule has 0 atom stereocenters. The SMILES string of the molecule is COC(=O)C1(NC(=O)c2cccc3[nH]cnc23)Cc2ccccc2C1. The fourth-order valence-corrected chi connectivity index (χ4v) is 3.53. The number of hydrogen-bond acceptors (Lipinski definition) is 4. The number of imidazole rings is 1. The molecule has 2 N–H and O–H groups in total. The average molecular weight is 335 g/mol. The zero-order valence-electron chi connectivity index (χ0n) is 13.7. The van der Waals surface area contributed by atoms with Crippen LogP contribution in [0.4, 0.5) is 0 Å². The van der Waals surface area contributed by atoms with Crippen molar-refractivity contribution in [3.8, 4) is 0 Å². The molecule has 0 radical (unpaired) electrons.